The molecular weight excluding hydrogens is 436 g/mol. The van der Waals surface area contributed by atoms with E-state index >= 15 is 0 Å². The van der Waals surface area contributed by atoms with E-state index in [1.54, 1.807) is 11.6 Å². The second-order valence-corrected chi connectivity index (χ2v) is 12.1. The highest BCUT2D eigenvalue weighted by atomic mass is 16.2. The fourth-order valence-electron chi connectivity index (χ4n) is 5.28. The van der Waals surface area contributed by atoms with Crippen LogP contribution in [-0.2, 0) is 24.8 Å². The summed E-state index contributed by atoms with van der Waals surface area (Å²) >= 11 is 0. The minimum Gasteiger partial charge on any atom is -0.353 e. The number of hydrogen-bond acceptors (Lipinski definition) is 3. The fraction of sp³-hybridized carbons (Fsp3) is 0.552. The molecule has 35 heavy (non-hydrogen) atoms. The predicted octanol–water partition coefficient (Wildman–Crippen LogP) is 5.19. The Bertz CT molecular complexity index is 1250. The Kier molecular flexibility index (Phi) is 6.94. The highest BCUT2D eigenvalue weighted by Gasteiger charge is 2.38. The molecule has 2 unspecified atom stereocenters. The van der Waals surface area contributed by atoms with Crippen molar-refractivity contribution in [2.45, 2.75) is 85.2 Å². The van der Waals surface area contributed by atoms with Crippen LogP contribution >= 0.6 is 0 Å². The first-order valence-corrected chi connectivity index (χ1v) is 12.8. The van der Waals surface area contributed by atoms with Gasteiger partial charge in [0.05, 0.1) is 5.52 Å². The summed E-state index contributed by atoms with van der Waals surface area (Å²) in [5.41, 5.74) is 3.84. The summed E-state index contributed by atoms with van der Waals surface area (Å²) in [7, 11) is 1.81. The standard InChI is InChI=1S/C29H40N4O2/c1-28(2,3)19-33-23-14-13-22(30-26(23)32(6)27(33)35)21-16-17-29(4,5)24(18-21)31-25(34)15-12-20-10-8-7-9-11-20/h7-11,13-14,21,24H,12,15-19H2,1-6H3,(H,31,34). The molecule has 1 fully saturated rings. The molecule has 1 saturated carbocycles. The number of carbonyl (C=O) groups excluding carboxylic acids is 1. The van der Waals surface area contributed by atoms with Crippen LogP contribution in [0.1, 0.15) is 77.5 Å². The minimum atomic E-state index is -0.0205. The molecule has 3 aromatic rings. The molecule has 2 atom stereocenters. The normalized spacial score (nSPS) is 20.2. The van der Waals surface area contributed by atoms with Crippen molar-refractivity contribution < 1.29 is 4.79 Å². The van der Waals surface area contributed by atoms with E-state index in [0.717, 1.165) is 42.5 Å². The number of nitrogens with zero attached hydrogens (tertiary/aromatic N) is 3. The van der Waals surface area contributed by atoms with Crippen LogP contribution in [0.5, 0.6) is 0 Å². The minimum absolute atomic E-state index is 0.00231. The van der Waals surface area contributed by atoms with Crippen LogP contribution in [-0.4, -0.2) is 26.1 Å². The fourth-order valence-corrected chi connectivity index (χ4v) is 5.28. The van der Waals surface area contributed by atoms with Crippen LogP contribution in [0.25, 0.3) is 11.2 Å². The average molecular weight is 477 g/mol. The summed E-state index contributed by atoms with van der Waals surface area (Å²) in [6, 6.07) is 14.4. The second-order valence-electron chi connectivity index (χ2n) is 12.1. The molecule has 0 spiro atoms. The lowest BCUT2D eigenvalue weighted by Gasteiger charge is -2.42. The van der Waals surface area contributed by atoms with Crippen LogP contribution in [0.4, 0.5) is 0 Å². The topological polar surface area (TPSA) is 68.9 Å². The second kappa shape index (κ2) is 9.63. The smallest absolute Gasteiger partial charge is 0.330 e. The number of aryl methyl sites for hydroxylation is 2. The van der Waals surface area contributed by atoms with Gasteiger partial charge < -0.3 is 5.32 Å². The van der Waals surface area contributed by atoms with E-state index in [0.29, 0.717) is 13.0 Å². The number of fused-ring (bicyclic) bond motifs is 1. The summed E-state index contributed by atoms with van der Waals surface area (Å²) in [6.45, 7) is 11.6. The molecule has 0 aliphatic heterocycles. The Labute approximate surface area is 208 Å². The number of pyridine rings is 1. The zero-order valence-electron chi connectivity index (χ0n) is 22.1. The van der Waals surface area contributed by atoms with Crippen molar-refractivity contribution in [2.75, 3.05) is 0 Å². The van der Waals surface area contributed by atoms with E-state index < -0.39 is 0 Å². The number of carbonyl (C=O) groups is 1. The van der Waals surface area contributed by atoms with Crippen LogP contribution < -0.4 is 11.0 Å². The number of nitrogens with one attached hydrogen (secondary N) is 1. The molecular formula is C29H40N4O2. The molecule has 1 aliphatic rings. The Morgan fingerprint density at radius 1 is 1.14 bits per heavy atom. The van der Waals surface area contributed by atoms with E-state index in [1.165, 1.54) is 5.56 Å². The van der Waals surface area contributed by atoms with Crippen molar-refractivity contribution in [3.8, 4) is 0 Å². The third-order valence-electron chi connectivity index (χ3n) is 7.47. The zero-order valence-corrected chi connectivity index (χ0v) is 22.1. The van der Waals surface area contributed by atoms with Gasteiger partial charge in [-0.2, -0.15) is 0 Å². The molecule has 1 amide bonds. The van der Waals surface area contributed by atoms with Crippen molar-refractivity contribution in [3.63, 3.8) is 0 Å². The lowest BCUT2D eigenvalue weighted by atomic mass is 9.68. The van der Waals surface area contributed by atoms with Gasteiger partial charge in [-0.3, -0.25) is 13.9 Å². The van der Waals surface area contributed by atoms with Crippen molar-refractivity contribution >= 4 is 17.1 Å². The monoisotopic (exact) mass is 476 g/mol. The maximum Gasteiger partial charge on any atom is 0.330 e. The number of aromatic nitrogens is 3. The van der Waals surface area contributed by atoms with Gasteiger partial charge in [-0.05, 0) is 54.2 Å². The van der Waals surface area contributed by atoms with E-state index in [-0.39, 0.29) is 34.4 Å². The first-order valence-electron chi connectivity index (χ1n) is 12.8. The van der Waals surface area contributed by atoms with Gasteiger partial charge in [0, 0.05) is 37.7 Å². The van der Waals surface area contributed by atoms with Crippen LogP contribution in [0.15, 0.2) is 47.3 Å². The summed E-state index contributed by atoms with van der Waals surface area (Å²) in [6.07, 6.45) is 4.15. The summed E-state index contributed by atoms with van der Waals surface area (Å²) in [4.78, 5) is 30.7. The molecule has 2 aromatic heterocycles. The lowest BCUT2D eigenvalue weighted by Crippen LogP contribution is -2.48. The average Bonchev–Trinajstić information content (AvgIpc) is 3.03. The van der Waals surface area contributed by atoms with Crippen molar-refractivity contribution in [2.24, 2.45) is 17.9 Å². The Hall–Kier alpha value is -2.89. The van der Waals surface area contributed by atoms with Gasteiger partial charge in [-0.15, -0.1) is 0 Å². The third-order valence-corrected chi connectivity index (χ3v) is 7.47. The van der Waals surface area contributed by atoms with Crippen LogP contribution in [0.2, 0.25) is 0 Å². The Balaban J connectivity index is 1.51. The van der Waals surface area contributed by atoms with Gasteiger partial charge in [0.25, 0.3) is 0 Å². The SMILES string of the molecule is Cn1c(=O)n(CC(C)(C)C)c2ccc(C3CCC(C)(C)C(NC(=O)CCc4ccccc4)C3)nc21. The Morgan fingerprint density at radius 2 is 1.86 bits per heavy atom. The van der Waals surface area contributed by atoms with Crippen LogP contribution in [0, 0.1) is 10.8 Å². The molecule has 0 radical (unpaired) electrons. The highest BCUT2D eigenvalue weighted by Crippen LogP contribution is 2.42. The van der Waals surface area contributed by atoms with Gasteiger partial charge in [0.1, 0.15) is 0 Å². The van der Waals surface area contributed by atoms with Gasteiger partial charge in [0.2, 0.25) is 5.91 Å². The van der Waals surface area contributed by atoms with E-state index in [2.05, 4.69) is 64.2 Å². The molecule has 188 valence electrons. The maximum absolute atomic E-state index is 12.9. The first-order chi connectivity index (χ1) is 16.4. The summed E-state index contributed by atoms with van der Waals surface area (Å²) < 4.78 is 3.51. The molecule has 0 saturated heterocycles. The van der Waals surface area contributed by atoms with Crippen LogP contribution in [0.3, 0.4) is 0 Å². The van der Waals surface area contributed by atoms with Gasteiger partial charge in [0.15, 0.2) is 5.65 Å². The quantitative estimate of drug-likeness (QED) is 0.532. The van der Waals surface area contributed by atoms with E-state index in [4.69, 9.17) is 4.98 Å². The van der Waals surface area contributed by atoms with Crippen molar-refractivity contribution in [3.05, 3.63) is 64.2 Å². The summed E-state index contributed by atoms with van der Waals surface area (Å²) in [5, 5.41) is 3.34. The predicted molar refractivity (Wildman–Crippen MR) is 141 cm³/mol. The number of hydrogen-bond donors (Lipinski definition) is 1. The number of imidazole rings is 1. The van der Waals surface area contributed by atoms with Crippen molar-refractivity contribution in [1.82, 2.24) is 19.4 Å². The molecule has 1 N–H and O–H groups in total. The van der Waals surface area contributed by atoms with E-state index in [9.17, 15) is 9.59 Å². The largest absolute Gasteiger partial charge is 0.353 e. The van der Waals surface area contributed by atoms with Crippen molar-refractivity contribution in [1.29, 1.82) is 0 Å². The molecule has 4 rings (SSSR count). The Morgan fingerprint density at radius 3 is 2.54 bits per heavy atom. The number of rotatable bonds is 6. The molecule has 6 nitrogen and oxygen atoms in total. The highest BCUT2D eigenvalue weighted by molar-refractivity contribution is 5.76. The lowest BCUT2D eigenvalue weighted by molar-refractivity contribution is -0.123. The first kappa shape index (κ1) is 25.2. The molecule has 6 heteroatoms. The molecule has 1 aromatic carbocycles. The third kappa shape index (κ3) is 5.68. The van der Waals surface area contributed by atoms with Gasteiger partial charge in [-0.1, -0.05) is 65.0 Å². The molecule has 2 heterocycles. The molecule has 1 aliphatic carbocycles. The summed E-state index contributed by atoms with van der Waals surface area (Å²) in [5.74, 6) is 0.366. The van der Waals surface area contributed by atoms with Gasteiger partial charge in [-0.25, -0.2) is 9.78 Å². The van der Waals surface area contributed by atoms with E-state index in [1.807, 2.05) is 22.8 Å². The number of benzene rings is 1. The zero-order chi connectivity index (χ0) is 25.4. The van der Waals surface area contributed by atoms with Gasteiger partial charge >= 0.3 is 5.69 Å². The number of amides is 1. The maximum atomic E-state index is 12.9. The molecule has 0 bridgehead atoms.